The van der Waals surface area contributed by atoms with E-state index in [0.717, 1.165) is 22.9 Å². The number of rotatable bonds is 4. The summed E-state index contributed by atoms with van der Waals surface area (Å²) < 4.78 is 0. The van der Waals surface area contributed by atoms with Crippen molar-refractivity contribution in [1.29, 1.82) is 0 Å². The molecule has 1 heterocycles. The van der Waals surface area contributed by atoms with Gasteiger partial charge >= 0.3 is 0 Å². The van der Waals surface area contributed by atoms with Gasteiger partial charge in [0.2, 0.25) is 0 Å². The van der Waals surface area contributed by atoms with E-state index in [2.05, 4.69) is 65.9 Å². The van der Waals surface area contributed by atoms with Crippen LogP contribution in [0.1, 0.15) is 22.7 Å². The van der Waals surface area contributed by atoms with Gasteiger partial charge in [0.1, 0.15) is 0 Å². The van der Waals surface area contributed by atoms with Crippen LogP contribution >= 0.6 is 0 Å². The molecule has 0 saturated heterocycles. The first-order valence-corrected chi connectivity index (χ1v) is 7.12. The summed E-state index contributed by atoms with van der Waals surface area (Å²) in [7, 11) is 0. The molecule has 0 bridgehead atoms. The number of nitrogens with two attached hydrogens (primary N) is 1. The van der Waals surface area contributed by atoms with Crippen LogP contribution in [0, 0.1) is 6.92 Å². The second kappa shape index (κ2) is 6.04. The van der Waals surface area contributed by atoms with Crippen molar-refractivity contribution in [2.75, 3.05) is 0 Å². The Balaban J connectivity index is 1.88. The van der Waals surface area contributed by atoms with E-state index in [4.69, 9.17) is 5.84 Å². The predicted octanol–water partition coefficient (Wildman–Crippen LogP) is 3.29. The second-order valence-corrected chi connectivity index (χ2v) is 5.36. The van der Waals surface area contributed by atoms with Gasteiger partial charge in [0.15, 0.2) is 0 Å². The molecule has 3 N–H and O–H groups in total. The number of hydrogen-bond donors (Lipinski definition) is 2. The van der Waals surface area contributed by atoms with Crippen LogP contribution in [0.15, 0.2) is 60.8 Å². The molecule has 0 aliphatic rings. The lowest BCUT2D eigenvalue weighted by molar-refractivity contribution is 0.552. The van der Waals surface area contributed by atoms with Gasteiger partial charge in [-0.1, -0.05) is 48.0 Å². The number of pyridine rings is 1. The van der Waals surface area contributed by atoms with Crippen molar-refractivity contribution in [3.05, 3.63) is 77.5 Å². The molecule has 2 aromatic carbocycles. The zero-order chi connectivity index (χ0) is 14.7. The van der Waals surface area contributed by atoms with Crippen molar-refractivity contribution in [3.63, 3.8) is 0 Å². The van der Waals surface area contributed by atoms with E-state index in [-0.39, 0.29) is 6.04 Å². The normalized spacial score (nSPS) is 12.5. The smallest absolute Gasteiger partial charge is 0.0705 e. The van der Waals surface area contributed by atoms with Gasteiger partial charge in [0.05, 0.1) is 11.6 Å². The van der Waals surface area contributed by atoms with Crippen molar-refractivity contribution >= 4 is 10.9 Å². The van der Waals surface area contributed by atoms with Crippen molar-refractivity contribution in [2.45, 2.75) is 19.4 Å². The summed E-state index contributed by atoms with van der Waals surface area (Å²) in [5.41, 5.74) is 7.61. The Morgan fingerprint density at radius 3 is 2.67 bits per heavy atom. The van der Waals surface area contributed by atoms with E-state index in [1.165, 1.54) is 11.1 Å². The number of benzene rings is 2. The van der Waals surface area contributed by atoms with E-state index < -0.39 is 0 Å². The van der Waals surface area contributed by atoms with Gasteiger partial charge in [-0.05, 0) is 36.6 Å². The fraction of sp³-hybridized carbons (Fsp3) is 0.167. The van der Waals surface area contributed by atoms with Gasteiger partial charge in [0.25, 0.3) is 0 Å². The summed E-state index contributed by atoms with van der Waals surface area (Å²) >= 11 is 0. The molecule has 3 nitrogen and oxygen atoms in total. The molecule has 0 aliphatic carbocycles. The Labute approximate surface area is 124 Å². The monoisotopic (exact) mass is 277 g/mol. The third-order valence-electron chi connectivity index (χ3n) is 3.79. The molecule has 3 heteroatoms. The number of nitrogens with zero attached hydrogens (tertiary/aromatic N) is 1. The first kappa shape index (κ1) is 13.7. The highest BCUT2D eigenvalue weighted by atomic mass is 15.2. The summed E-state index contributed by atoms with van der Waals surface area (Å²) in [5, 5.41) is 1.15. The van der Waals surface area contributed by atoms with Crippen LogP contribution in [0.3, 0.4) is 0 Å². The number of hydrogen-bond acceptors (Lipinski definition) is 3. The quantitative estimate of drug-likeness (QED) is 0.568. The minimum Gasteiger partial charge on any atom is -0.271 e. The molecule has 1 aromatic heterocycles. The molecule has 0 amide bonds. The third kappa shape index (κ3) is 3.10. The zero-order valence-electron chi connectivity index (χ0n) is 12.1. The topological polar surface area (TPSA) is 50.9 Å². The van der Waals surface area contributed by atoms with Gasteiger partial charge in [0, 0.05) is 11.6 Å². The summed E-state index contributed by atoms with van der Waals surface area (Å²) in [5.74, 6) is 5.76. The highest BCUT2D eigenvalue weighted by Gasteiger charge is 2.11. The molecular weight excluding hydrogens is 258 g/mol. The second-order valence-electron chi connectivity index (χ2n) is 5.36. The van der Waals surface area contributed by atoms with Gasteiger partial charge in [-0.25, -0.2) is 0 Å². The van der Waals surface area contributed by atoms with Gasteiger partial charge < -0.3 is 0 Å². The lowest BCUT2D eigenvalue weighted by Crippen LogP contribution is -2.29. The minimum absolute atomic E-state index is 0.0825. The van der Waals surface area contributed by atoms with Gasteiger partial charge in [-0.2, -0.15) is 0 Å². The Morgan fingerprint density at radius 2 is 1.90 bits per heavy atom. The molecule has 3 aromatic rings. The maximum absolute atomic E-state index is 5.76. The Kier molecular flexibility index (Phi) is 3.95. The zero-order valence-corrected chi connectivity index (χ0v) is 12.1. The van der Waals surface area contributed by atoms with E-state index in [0.29, 0.717) is 0 Å². The third-order valence-corrected chi connectivity index (χ3v) is 3.79. The highest BCUT2D eigenvalue weighted by molar-refractivity contribution is 5.79. The number of fused-ring (bicyclic) bond motifs is 1. The molecule has 21 heavy (non-hydrogen) atoms. The summed E-state index contributed by atoms with van der Waals surface area (Å²) in [4.78, 5) is 4.41. The first-order valence-electron chi connectivity index (χ1n) is 7.12. The molecule has 1 atom stereocenters. The number of aromatic nitrogens is 1. The SMILES string of the molecule is Cc1ccc(CC(NN)c2ccc3cccnc3c2)cc1. The van der Waals surface area contributed by atoms with Gasteiger partial charge in [-0.3, -0.25) is 16.3 Å². The lowest BCUT2D eigenvalue weighted by Gasteiger charge is -2.17. The molecule has 0 saturated carbocycles. The summed E-state index contributed by atoms with van der Waals surface area (Å²) in [6, 6.07) is 19.0. The van der Waals surface area contributed by atoms with Crippen LogP contribution in [-0.4, -0.2) is 4.98 Å². The highest BCUT2D eigenvalue weighted by Crippen LogP contribution is 2.21. The average molecular weight is 277 g/mol. The summed E-state index contributed by atoms with van der Waals surface area (Å²) in [6.45, 7) is 2.09. The van der Waals surface area contributed by atoms with Crippen LogP contribution < -0.4 is 11.3 Å². The standard InChI is InChI=1S/C18H19N3/c1-13-4-6-14(7-5-13)11-18(21-19)16-9-8-15-3-2-10-20-17(15)12-16/h2-10,12,18,21H,11,19H2,1H3. The molecular formula is C18H19N3. The lowest BCUT2D eigenvalue weighted by atomic mass is 9.98. The van der Waals surface area contributed by atoms with E-state index in [1.54, 1.807) is 0 Å². The minimum atomic E-state index is 0.0825. The van der Waals surface area contributed by atoms with Crippen molar-refractivity contribution < 1.29 is 0 Å². The van der Waals surface area contributed by atoms with E-state index in [9.17, 15) is 0 Å². The van der Waals surface area contributed by atoms with E-state index >= 15 is 0 Å². The Morgan fingerprint density at radius 1 is 1.10 bits per heavy atom. The molecule has 3 rings (SSSR count). The molecule has 1 unspecified atom stereocenters. The molecule has 0 spiro atoms. The fourth-order valence-corrected chi connectivity index (χ4v) is 2.53. The van der Waals surface area contributed by atoms with Crippen molar-refractivity contribution in [3.8, 4) is 0 Å². The van der Waals surface area contributed by atoms with Crippen molar-refractivity contribution in [2.24, 2.45) is 5.84 Å². The van der Waals surface area contributed by atoms with Crippen LogP contribution in [0.5, 0.6) is 0 Å². The van der Waals surface area contributed by atoms with Crippen LogP contribution in [0.4, 0.5) is 0 Å². The first-order chi connectivity index (χ1) is 10.3. The maximum Gasteiger partial charge on any atom is 0.0705 e. The number of nitrogens with one attached hydrogen (secondary N) is 1. The van der Waals surface area contributed by atoms with Crippen LogP contribution in [0.2, 0.25) is 0 Å². The molecule has 0 fully saturated rings. The molecule has 106 valence electrons. The van der Waals surface area contributed by atoms with E-state index in [1.807, 2.05) is 12.3 Å². The average Bonchev–Trinajstić information content (AvgIpc) is 2.54. The number of hydrazine groups is 1. The largest absolute Gasteiger partial charge is 0.271 e. The maximum atomic E-state index is 5.76. The Hall–Kier alpha value is -2.23. The van der Waals surface area contributed by atoms with Gasteiger partial charge in [-0.15, -0.1) is 0 Å². The number of aryl methyl sites for hydroxylation is 1. The van der Waals surface area contributed by atoms with Crippen LogP contribution in [-0.2, 0) is 6.42 Å². The van der Waals surface area contributed by atoms with Crippen LogP contribution in [0.25, 0.3) is 10.9 Å². The Bertz CT molecular complexity index is 735. The molecule has 0 aliphatic heterocycles. The summed E-state index contributed by atoms with van der Waals surface area (Å²) in [6.07, 6.45) is 2.67. The fourth-order valence-electron chi connectivity index (χ4n) is 2.53. The predicted molar refractivity (Wildman–Crippen MR) is 86.7 cm³/mol. The molecule has 0 radical (unpaired) electrons. The van der Waals surface area contributed by atoms with Crippen molar-refractivity contribution in [1.82, 2.24) is 10.4 Å².